The molecule has 0 aliphatic carbocycles. The molecule has 1 amide bonds. The van der Waals surface area contributed by atoms with E-state index in [-0.39, 0.29) is 11.8 Å². The van der Waals surface area contributed by atoms with Gasteiger partial charge in [-0.25, -0.2) is 0 Å². The van der Waals surface area contributed by atoms with Crippen molar-refractivity contribution in [3.63, 3.8) is 0 Å². The minimum absolute atomic E-state index is 0.0517. The number of piperidine rings is 3. The second-order valence-corrected chi connectivity index (χ2v) is 8.43. The summed E-state index contributed by atoms with van der Waals surface area (Å²) in [6.45, 7) is 3.06. The topological polar surface area (TPSA) is 72.3 Å². The van der Waals surface area contributed by atoms with Gasteiger partial charge in [0.25, 0.3) is 0 Å². The molecule has 4 atom stereocenters. The Balaban J connectivity index is 1.15. The van der Waals surface area contributed by atoms with Crippen LogP contribution < -0.4 is 10.1 Å². The van der Waals surface area contributed by atoms with E-state index in [9.17, 15) is 4.79 Å². The van der Waals surface area contributed by atoms with Gasteiger partial charge in [0.15, 0.2) is 0 Å². The molecule has 3 aliphatic rings. The average molecular weight is 418 g/mol. The Morgan fingerprint density at radius 1 is 1.10 bits per heavy atom. The highest BCUT2D eigenvalue weighted by Gasteiger charge is 2.43. The molecule has 3 aromatic rings. The van der Waals surface area contributed by atoms with Gasteiger partial charge in [-0.2, -0.15) is 0 Å². The maximum atomic E-state index is 12.8. The third kappa shape index (κ3) is 4.61. The molecular weight excluding hydrogens is 390 g/mol. The first-order valence-corrected chi connectivity index (χ1v) is 10.9. The summed E-state index contributed by atoms with van der Waals surface area (Å²) in [5.41, 5.74) is 1.69. The number of nitrogens with one attached hydrogen (secondary N) is 1. The van der Waals surface area contributed by atoms with Crippen LogP contribution in [0, 0.1) is 11.8 Å². The summed E-state index contributed by atoms with van der Waals surface area (Å²) in [4.78, 5) is 15.3. The van der Waals surface area contributed by atoms with Crippen molar-refractivity contribution in [1.29, 1.82) is 0 Å². The van der Waals surface area contributed by atoms with Crippen molar-refractivity contribution in [3.8, 4) is 5.75 Å². The second-order valence-electron chi connectivity index (χ2n) is 8.43. The maximum Gasteiger partial charge on any atom is 0.229 e. The summed E-state index contributed by atoms with van der Waals surface area (Å²) >= 11 is 0. The molecular formula is C24H27N5O2. The third-order valence-corrected chi connectivity index (χ3v) is 6.37. The molecule has 1 N–H and O–H groups in total. The zero-order chi connectivity index (χ0) is 21.0. The molecule has 0 radical (unpaired) electrons. The zero-order valence-electron chi connectivity index (χ0n) is 17.4. The predicted octanol–water partition coefficient (Wildman–Crippen LogP) is 3.21. The minimum atomic E-state index is 0.0517. The van der Waals surface area contributed by atoms with Gasteiger partial charge in [0.1, 0.15) is 18.1 Å². The number of carbonyl (C=O) groups excluding carboxylic acids is 1. The Labute approximate surface area is 182 Å². The van der Waals surface area contributed by atoms with Gasteiger partial charge < -0.3 is 10.1 Å². The largest absolute Gasteiger partial charge is 0.487 e. The molecule has 1 unspecified atom stereocenters. The number of nitrogens with zero attached hydrogens (tertiary/aromatic N) is 4. The number of fused-ring (bicyclic) bond motifs is 3. The van der Waals surface area contributed by atoms with Crippen LogP contribution in [0.4, 0.5) is 5.69 Å². The van der Waals surface area contributed by atoms with E-state index < -0.39 is 0 Å². The van der Waals surface area contributed by atoms with Crippen LogP contribution in [0.5, 0.6) is 5.75 Å². The number of benzene rings is 2. The Kier molecular flexibility index (Phi) is 5.67. The van der Waals surface area contributed by atoms with E-state index in [1.807, 2.05) is 71.5 Å². The lowest BCUT2D eigenvalue weighted by molar-refractivity contribution is -0.127. The van der Waals surface area contributed by atoms with Gasteiger partial charge in [-0.3, -0.25) is 14.4 Å². The molecule has 7 nitrogen and oxygen atoms in total. The lowest BCUT2D eigenvalue weighted by atomic mass is 9.75. The molecule has 2 aromatic carbocycles. The van der Waals surface area contributed by atoms with Crippen LogP contribution in [0.1, 0.15) is 18.5 Å². The van der Waals surface area contributed by atoms with Gasteiger partial charge in [-0.05, 0) is 49.6 Å². The summed E-state index contributed by atoms with van der Waals surface area (Å²) in [5, 5.41) is 11.6. The molecule has 6 rings (SSSR count). The van der Waals surface area contributed by atoms with Crippen LogP contribution in [0.3, 0.4) is 0 Å². The molecule has 31 heavy (non-hydrogen) atoms. The molecule has 3 aliphatic heterocycles. The number of rotatable bonds is 7. The first-order chi connectivity index (χ1) is 15.2. The molecule has 1 aromatic heterocycles. The molecule has 3 saturated heterocycles. The minimum Gasteiger partial charge on any atom is -0.487 e. The normalized spacial score (nSPS) is 24.6. The zero-order valence-corrected chi connectivity index (χ0v) is 17.4. The Bertz CT molecular complexity index is 1010. The summed E-state index contributed by atoms with van der Waals surface area (Å²) in [7, 11) is 0. The standard InChI is InChI=1S/C24H27N5O2/c30-24(25-19-7-3-1-4-8-19)23-16-28-12-11-18(23)13-21(28)15-29-14-20(26-27-29)17-31-22-9-5-2-6-10-22/h1-10,14,18,21,23H,11-13,15-17H2,(H,25,30)/t18-,21+,23+/m0/s1. The van der Waals surface area contributed by atoms with Crippen LogP contribution in [0.25, 0.3) is 0 Å². The van der Waals surface area contributed by atoms with Crippen LogP contribution in [0.2, 0.25) is 0 Å². The SMILES string of the molecule is O=C(Nc1ccccc1)[C@@H]1CN2CC[C@H]1C[C@@H]2Cn1cc(COc2ccccc2)nn1. The number of para-hydroxylation sites is 2. The molecule has 160 valence electrons. The number of amides is 1. The van der Waals surface area contributed by atoms with E-state index in [0.29, 0.717) is 18.6 Å². The van der Waals surface area contributed by atoms with Crippen LogP contribution >= 0.6 is 0 Å². The highest BCUT2D eigenvalue weighted by atomic mass is 16.5. The van der Waals surface area contributed by atoms with E-state index >= 15 is 0 Å². The molecule has 7 heteroatoms. The van der Waals surface area contributed by atoms with Crippen molar-refractivity contribution in [3.05, 3.63) is 72.6 Å². The van der Waals surface area contributed by atoms with Gasteiger partial charge in [0.05, 0.1) is 18.7 Å². The summed E-state index contributed by atoms with van der Waals surface area (Å²) in [6, 6.07) is 19.8. The lowest BCUT2D eigenvalue weighted by Gasteiger charge is -2.49. The smallest absolute Gasteiger partial charge is 0.229 e. The Hall–Kier alpha value is -3.19. The van der Waals surface area contributed by atoms with E-state index in [0.717, 1.165) is 49.6 Å². The predicted molar refractivity (Wildman–Crippen MR) is 117 cm³/mol. The van der Waals surface area contributed by atoms with Gasteiger partial charge in [0.2, 0.25) is 5.91 Å². The van der Waals surface area contributed by atoms with E-state index in [2.05, 4.69) is 20.5 Å². The number of hydrogen-bond donors (Lipinski definition) is 1. The van der Waals surface area contributed by atoms with Gasteiger partial charge in [0, 0.05) is 18.3 Å². The summed E-state index contributed by atoms with van der Waals surface area (Å²) < 4.78 is 7.67. The van der Waals surface area contributed by atoms with Gasteiger partial charge >= 0.3 is 0 Å². The quantitative estimate of drug-likeness (QED) is 0.639. The van der Waals surface area contributed by atoms with E-state index in [4.69, 9.17) is 4.74 Å². The first-order valence-electron chi connectivity index (χ1n) is 10.9. The van der Waals surface area contributed by atoms with Gasteiger partial charge in [-0.1, -0.05) is 41.6 Å². The number of carbonyl (C=O) groups is 1. The fourth-order valence-electron chi connectivity index (χ4n) is 4.77. The van der Waals surface area contributed by atoms with Crippen molar-refractivity contribution >= 4 is 11.6 Å². The molecule has 0 saturated carbocycles. The molecule has 4 heterocycles. The van der Waals surface area contributed by atoms with Crippen LogP contribution in [-0.2, 0) is 17.9 Å². The first kappa shape index (κ1) is 19.8. The van der Waals surface area contributed by atoms with Crippen molar-refractivity contribution in [2.75, 3.05) is 18.4 Å². The second kappa shape index (κ2) is 8.89. The average Bonchev–Trinajstić information content (AvgIpc) is 3.27. The Morgan fingerprint density at radius 2 is 1.87 bits per heavy atom. The van der Waals surface area contributed by atoms with E-state index in [1.54, 1.807) is 0 Å². The molecule has 0 spiro atoms. The molecule has 3 fully saturated rings. The monoisotopic (exact) mass is 417 g/mol. The fourth-order valence-corrected chi connectivity index (χ4v) is 4.77. The maximum absolute atomic E-state index is 12.8. The summed E-state index contributed by atoms with van der Waals surface area (Å²) in [6.07, 6.45) is 4.06. The van der Waals surface area contributed by atoms with Crippen LogP contribution in [-0.4, -0.2) is 44.9 Å². The molecule has 2 bridgehead atoms. The Morgan fingerprint density at radius 3 is 2.61 bits per heavy atom. The van der Waals surface area contributed by atoms with Crippen molar-refractivity contribution in [2.24, 2.45) is 11.8 Å². The highest BCUT2D eigenvalue weighted by molar-refractivity contribution is 5.93. The van der Waals surface area contributed by atoms with E-state index in [1.165, 1.54) is 0 Å². The number of aromatic nitrogens is 3. The van der Waals surface area contributed by atoms with Gasteiger partial charge in [-0.15, -0.1) is 5.10 Å². The third-order valence-electron chi connectivity index (χ3n) is 6.37. The fraction of sp³-hybridized carbons (Fsp3) is 0.375. The van der Waals surface area contributed by atoms with Crippen molar-refractivity contribution < 1.29 is 9.53 Å². The highest BCUT2D eigenvalue weighted by Crippen LogP contribution is 2.37. The number of ether oxygens (including phenoxy) is 1. The number of anilines is 1. The van der Waals surface area contributed by atoms with Crippen molar-refractivity contribution in [2.45, 2.75) is 32.0 Å². The summed E-state index contributed by atoms with van der Waals surface area (Å²) in [5.74, 6) is 1.44. The van der Waals surface area contributed by atoms with Crippen LogP contribution in [0.15, 0.2) is 66.9 Å². The lowest BCUT2D eigenvalue weighted by Crippen LogP contribution is -2.57. The number of hydrogen-bond acceptors (Lipinski definition) is 5. The van der Waals surface area contributed by atoms with Crippen molar-refractivity contribution in [1.82, 2.24) is 19.9 Å².